The van der Waals surface area contributed by atoms with Crippen LogP contribution in [0.15, 0.2) is 24.3 Å². The molecular weight excluding hydrogens is 330 g/mol. The van der Waals surface area contributed by atoms with E-state index < -0.39 is 0 Å². The van der Waals surface area contributed by atoms with E-state index >= 15 is 0 Å². The number of hydrogen-bond donors (Lipinski definition) is 2. The molecule has 0 atom stereocenters. The summed E-state index contributed by atoms with van der Waals surface area (Å²) in [7, 11) is 0. The Hall–Kier alpha value is -2.28. The first-order valence-corrected chi connectivity index (χ1v) is 9.45. The van der Waals surface area contributed by atoms with Gasteiger partial charge in [-0.3, -0.25) is 9.69 Å². The van der Waals surface area contributed by atoms with E-state index in [-0.39, 0.29) is 11.9 Å². The molecule has 142 valence electrons. The fraction of sp³-hybridized carbons (Fsp3) is 0.579. The van der Waals surface area contributed by atoms with Crippen molar-refractivity contribution in [1.29, 1.82) is 0 Å². The van der Waals surface area contributed by atoms with Crippen LogP contribution in [-0.4, -0.2) is 80.6 Å². The van der Waals surface area contributed by atoms with E-state index in [2.05, 4.69) is 51.6 Å². The van der Waals surface area contributed by atoms with Crippen LogP contribution in [0.5, 0.6) is 0 Å². The standard InChI is InChI=1S/C19H29N5O2/c1-16-3-2-4-17(15-16)23-13-11-22(12-14-23)8-5-18(25)20-6-9-24-10-7-21-19(24)26/h2-4,15H,5-14H2,1H3,(H,20,25)(H,21,26). The van der Waals surface area contributed by atoms with E-state index in [1.54, 1.807) is 4.90 Å². The van der Waals surface area contributed by atoms with Crippen molar-refractivity contribution < 1.29 is 9.59 Å². The van der Waals surface area contributed by atoms with Crippen LogP contribution in [0.25, 0.3) is 0 Å². The van der Waals surface area contributed by atoms with Crippen molar-refractivity contribution in [3.63, 3.8) is 0 Å². The molecule has 2 aliphatic heterocycles. The van der Waals surface area contributed by atoms with Crippen molar-refractivity contribution in [2.75, 3.05) is 63.8 Å². The Morgan fingerprint density at radius 3 is 2.65 bits per heavy atom. The fourth-order valence-corrected chi connectivity index (χ4v) is 3.46. The topological polar surface area (TPSA) is 67.9 Å². The predicted molar refractivity (Wildman–Crippen MR) is 102 cm³/mol. The molecule has 0 saturated carbocycles. The number of benzene rings is 1. The number of piperazine rings is 1. The molecule has 0 bridgehead atoms. The Morgan fingerprint density at radius 2 is 1.96 bits per heavy atom. The zero-order valence-corrected chi connectivity index (χ0v) is 15.5. The summed E-state index contributed by atoms with van der Waals surface area (Å²) in [6, 6.07) is 8.58. The minimum absolute atomic E-state index is 0.0364. The first-order valence-electron chi connectivity index (χ1n) is 9.45. The summed E-state index contributed by atoms with van der Waals surface area (Å²) in [6.07, 6.45) is 0.511. The Labute approximate surface area is 155 Å². The van der Waals surface area contributed by atoms with Crippen LogP contribution in [0.3, 0.4) is 0 Å². The number of nitrogens with one attached hydrogen (secondary N) is 2. The smallest absolute Gasteiger partial charge is 0.317 e. The maximum absolute atomic E-state index is 12.0. The van der Waals surface area contributed by atoms with Gasteiger partial charge in [-0.15, -0.1) is 0 Å². The van der Waals surface area contributed by atoms with E-state index in [1.165, 1.54) is 11.3 Å². The lowest BCUT2D eigenvalue weighted by Gasteiger charge is -2.36. The molecule has 1 aromatic carbocycles. The molecule has 2 fully saturated rings. The maximum Gasteiger partial charge on any atom is 0.317 e. The van der Waals surface area contributed by atoms with Gasteiger partial charge >= 0.3 is 6.03 Å². The van der Waals surface area contributed by atoms with Crippen molar-refractivity contribution in [2.45, 2.75) is 13.3 Å². The average molecular weight is 359 g/mol. The van der Waals surface area contributed by atoms with Crippen molar-refractivity contribution in [1.82, 2.24) is 20.4 Å². The molecule has 2 aliphatic rings. The number of amides is 3. The first-order chi connectivity index (χ1) is 12.6. The van der Waals surface area contributed by atoms with Gasteiger partial charge in [-0.25, -0.2) is 4.79 Å². The monoisotopic (exact) mass is 359 g/mol. The Kier molecular flexibility index (Phi) is 6.33. The third-order valence-electron chi connectivity index (χ3n) is 5.04. The molecule has 7 nitrogen and oxygen atoms in total. The van der Waals surface area contributed by atoms with E-state index in [0.717, 1.165) is 39.3 Å². The van der Waals surface area contributed by atoms with Gasteiger partial charge in [0.1, 0.15) is 0 Å². The van der Waals surface area contributed by atoms with Gasteiger partial charge in [0, 0.05) is 71.0 Å². The van der Waals surface area contributed by atoms with Gasteiger partial charge in [-0.2, -0.15) is 0 Å². The van der Waals surface area contributed by atoms with E-state index in [4.69, 9.17) is 0 Å². The summed E-state index contributed by atoms with van der Waals surface area (Å²) in [5.74, 6) is 0.0609. The quantitative estimate of drug-likeness (QED) is 0.750. The number of aryl methyl sites for hydroxylation is 1. The van der Waals surface area contributed by atoms with E-state index in [1.807, 2.05) is 0 Å². The minimum atomic E-state index is -0.0364. The van der Waals surface area contributed by atoms with Gasteiger partial charge in [-0.1, -0.05) is 12.1 Å². The van der Waals surface area contributed by atoms with Crippen LogP contribution in [0.4, 0.5) is 10.5 Å². The number of nitrogens with zero attached hydrogens (tertiary/aromatic N) is 3. The summed E-state index contributed by atoms with van der Waals surface area (Å²) < 4.78 is 0. The number of carbonyl (C=O) groups is 2. The van der Waals surface area contributed by atoms with Gasteiger partial charge in [-0.05, 0) is 24.6 Å². The van der Waals surface area contributed by atoms with Crippen molar-refractivity contribution in [2.24, 2.45) is 0 Å². The molecule has 0 aliphatic carbocycles. The summed E-state index contributed by atoms with van der Waals surface area (Å²) in [6.45, 7) is 9.38. The highest BCUT2D eigenvalue weighted by molar-refractivity contribution is 5.77. The molecule has 0 unspecified atom stereocenters. The number of anilines is 1. The largest absolute Gasteiger partial charge is 0.369 e. The zero-order chi connectivity index (χ0) is 18.4. The zero-order valence-electron chi connectivity index (χ0n) is 15.5. The van der Waals surface area contributed by atoms with Gasteiger partial charge in [0.2, 0.25) is 5.91 Å². The summed E-state index contributed by atoms with van der Waals surface area (Å²) in [5.41, 5.74) is 2.57. The normalized spacial score (nSPS) is 18.1. The van der Waals surface area contributed by atoms with Crippen molar-refractivity contribution >= 4 is 17.6 Å². The van der Waals surface area contributed by atoms with Gasteiger partial charge < -0.3 is 20.4 Å². The third kappa shape index (κ3) is 5.11. The molecule has 0 spiro atoms. The summed E-state index contributed by atoms with van der Waals surface area (Å²) in [5, 5.41) is 5.67. The first kappa shape index (κ1) is 18.5. The third-order valence-corrected chi connectivity index (χ3v) is 5.04. The number of rotatable bonds is 7. The van der Waals surface area contributed by atoms with Crippen molar-refractivity contribution in [3.8, 4) is 0 Å². The highest BCUT2D eigenvalue weighted by atomic mass is 16.2. The second-order valence-electron chi connectivity index (χ2n) is 6.99. The summed E-state index contributed by atoms with van der Waals surface area (Å²) in [4.78, 5) is 29.9. The molecule has 2 heterocycles. The highest BCUT2D eigenvalue weighted by Gasteiger charge is 2.20. The van der Waals surface area contributed by atoms with Crippen molar-refractivity contribution in [3.05, 3.63) is 29.8 Å². The van der Waals surface area contributed by atoms with Crippen LogP contribution < -0.4 is 15.5 Å². The van der Waals surface area contributed by atoms with Crippen LogP contribution in [0, 0.1) is 6.92 Å². The molecule has 2 saturated heterocycles. The molecule has 1 aromatic rings. The van der Waals surface area contributed by atoms with Crippen LogP contribution in [0.1, 0.15) is 12.0 Å². The van der Waals surface area contributed by atoms with E-state index in [9.17, 15) is 9.59 Å². The van der Waals surface area contributed by atoms with Gasteiger partial charge in [0.15, 0.2) is 0 Å². The number of urea groups is 1. The lowest BCUT2D eigenvalue weighted by Crippen LogP contribution is -2.47. The van der Waals surface area contributed by atoms with Crippen LogP contribution in [-0.2, 0) is 4.79 Å². The fourth-order valence-electron chi connectivity index (χ4n) is 3.46. The second-order valence-corrected chi connectivity index (χ2v) is 6.99. The molecule has 7 heteroatoms. The lowest BCUT2D eigenvalue weighted by molar-refractivity contribution is -0.121. The lowest BCUT2D eigenvalue weighted by atomic mass is 10.2. The Balaban J connectivity index is 1.31. The van der Waals surface area contributed by atoms with Gasteiger partial charge in [0.25, 0.3) is 0 Å². The van der Waals surface area contributed by atoms with Crippen LogP contribution >= 0.6 is 0 Å². The van der Waals surface area contributed by atoms with Gasteiger partial charge in [0.05, 0.1) is 0 Å². The molecule has 0 aromatic heterocycles. The predicted octanol–water partition coefficient (Wildman–Crippen LogP) is 0.649. The number of carbonyl (C=O) groups excluding carboxylic acids is 2. The second kappa shape index (κ2) is 8.89. The maximum atomic E-state index is 12.0. The highest BCUT2D eigenvalue weighted by Crippen LogP contribution is 2.17. The Bertz CT molecular complexity index is 628. The molecule has 3 rings (SSSR count). The molecule has 0 radical (unpaired) electrons. The SMILES string of the molecule is Cc1cccc(N2CCN(CCC(=O)NCCN3CCNC3=O)CC2)c1. The van der Waals surface area contributed by atoms with Crippen LogP contribution in [0.2, 0.25) is 0 Å². The minimum Gasteiger partial charge on any atom is -0.369 e. The molecule has 3 amide bonds. The molecular formula is C19H29N5O2. The molecule has 2 N–H and O–H groups in total. The molecule has 26 heavy (non-hydrogen) atoms. The number of hydrogen-bond acceptors (Lipinski definition) is 4. The average Bonchev–Trinajstić information content (AvgIpc) is 3.05. The Morgan fingerprint density at radius 1 is 1.15 bits per heavy atom. The summed E-state index contributed by atoms with van der Waals surface area (Å²) >= 11 is 0. The van der Waals surface area contributed by atoms with E-state index in [0.29, 0.717) is 26.1 Å².